The summed E-state index contributed by atoms with van der Waals surface area (Å²) >= 11 is 0. The van der Waals surface area contributed by atoms with Gasteiger partial charge in [-0.25, -0.2) is 0 Å². The summed E-state index contributed by atoms with van der Waals surface area (Å²) in [5.74, 6) is 0. The summed E-state index contributed by atoms with van der Waals surface area (Å²) in [4.78, 5) is 2.79. The molecule has 0 saturated carbocycles. The van der Waals surface area contributed by atoms with Crippen LogP contribution in [-0.4, -0.2) is 0 Å². The van der Waals surface area contributed by atoms with Gasteiger partial charge in [0.1, 0.15) is 0 Å². The molecule has 0 aliphatic rings. The Hall–Kier alpha value is -2.51. The SMILES string of the molecule is C=C(N=[N+]=[N-])c1ccccc1-c1ccc(C)cc1. The highest BCUT2D eigenvalue weighted by Gasteiger charge is 2.06. The van der Waals surface area contributed by atoms with Crippen molar-refractivity contribution in [1.29, 1.82) is 0 Å². The molecule has 2 aromatic carbocycles. The van der Waals surface area contributed by atoms with Crippen LogP contribution in [0.5, 0.6) is 0 Å². The highest BCUT2D eigenvalue weighted by Crippen LogP contribution is 2.28. The van der Waals surface area contributed by atoms with Gasteiger partial charge in [0.05, 0.1) is 0 Å². The maximum Gasteiger partial charge on any atom is 0.0382 e. The van der Waals surface area contributed by atoms with Gasteiger partial charge in [0, 0.05) is 10.6 Å². The molecule has 0 heterocycles. The molecule has 0 amide bonds. The van der Waals surface area contributed by atoms with E-state index in [1.165, 1.54) is 5.56 Å². The first kappa shape index (κ1) is 12.0. The predicted molar refractivity (Wildman–Crippen MR) is 74.8 cm³/mol. The monoisotopic (exact) mass is 235 g/mol. The van der Waals surface area contributed by atoms with Crippen LogP contribution in [0.3, 0.4) is 0 Å². The smallest absolute Gasteiger partial charge is 0.0382 e. The van der Waals surface area contributed by atoms with Crippen LogP contribution in [0.4, 0.5) is 0 Å². The van der Waals surface area contributed by atoms with Crippen molar-refractivity contribution in [3.63, 3.8) is 0 Å². The second kappa shape index (κ2) is 5.21. The number of rotatable bonds is 3. The van der Waals surface area contributed by atoms with Gasteiger partial charge < -0.3 is 0 Å². The molecule has 0 aromatic heterocycles. The molecular formula is C15H13N3. The van der Waals surface area contributed by atoms with Crippen LogP contribution in [0, 0.1) is 6.92 Å². The molecular weight excluding hydrogens is 222 g/mol. The van der Waals surface area contributed by atoms with E-state index in [-0.39, 0.29) is 0 Å². The number of aryl methyl sites for hydroxylation is 1. The Morgan fingerprint density at radius 1 is 1.11 bits per heavy atom. The average molecular weight is 235 g/mol. The molecule has 0 saturated heterocycles. The Balaban J connectivity index is 2.54. The molecule has 2 aromatic rings. The maximum absolute atomic E-state index is 8.49. The molecule has 2 rings (SSSR count). The third-order valence-electron chi connectivity index (χ3n) is 2.77. The molecule has 18 heavy (non-hydrogen) atoms. The Labute approximate surface area is 106 Å². The van der Waals surface area contributed by atoms with E-state index in [2.05, 4.69) is 47.8 Å². The van der Waals surface area contributed by atoms with Gasteiger partial charge in [0.25, 0.3) is 0 Å². The van der Waals surface area contributed by atoms with E-state index >= 15 is 0 Å². The van der Waals surface area contributed by atoms with E-state index in [0.29, 0.717) is 5.70 Å². The van der Waals surface area contributed by atoms with Gasteiger partial charge in [-0.05, 0) is 29.1 Å². The second-order valence-corrected chi connectivity index (χ2v) is 4.05. The summed E-state index contributed by atoms with van der Waals surface area (Å²) in [7, 11) is 0. The van der Waals surface area contributed by atoms with Gasteiger partial charge >= 0.3 is 0 Å². The Bertz CT molecular complexity index is 620. The molecule has 0 N–H and O–H groups in total. The lowest BCUT2D eigenvalue weighted by molar-refractivity contribution is 1.44. The average Bonchev–Trinajstić information content (AvgIpc) is 2.40. The second-order valence-electron chi connectivity index (χ2n) is 4.05. The molecule has 0 aliphatic carbocycles. The van der Waals surface area contributed by atoms with Gasteiger partial charge in [0.2, 0.25) is 0 Å². The fourth-order valence-corrected chi connectivity index (χ4v) is 1.83. The number of hydrogen-bond donors (Lipinski definition) is 0. The molecule has 0 bridgehead atoms. The Morgan fingerprint density at radius 3 is 2.44 bits per heavy atom. The summed E-state index contributed by atoms with van der Waals surface area (Å²) in [6.45, 7) is 5.85. The van der Waals surface area contributed by atoms with Crippen LogP contribution in [-0.2, 0) is 0 Å². The molecule has 0 radical (unpaired) electrons. The predicted octanol–water partition coefficient (Wildman–Crippen LogP) is 4.94. The standard InChI is InChI=1S/C15H13N3/c1-11-7-9-13(10-8-11)15-6-4-3-5-14(15)12(2)17-18-16/h3-10H,2H2,1H3. The topological polar surface area (TPSA) is 48.8 Å². The van der Waals surface area contributed by atoms with E-state index in [4.69, 9.17) is 5.53 Å². The third-order valence-corrected chi connectivity index (χ3v) is 2.77. The van der Waals surface area contributed by atoms with Gasteiger partial charge in [-0.1, -0.05) is 65.8 Å². The first-order valence-corrected chi connectivity index (χ1v) is 5.63. The van der Waals surface area contributed by atoms with Gasteiger partial charge in [-0.15, -0.1) is 0 Å². The molecule has 3 heteroatoms. The minimum atomic E-state index is 0.439. The first-order chi connectivity index (χ1) is 8.72. The molecule has 0 fully saturated rings. The molecule has 0 unspecified atom stereocenters. The zero-order chi connectivity index (χ0) is 13.0. The van der Waals surface area contributed by atoms with Crippen molar-refractivity contribution >= 4 is 5.70 Å². The minimum absolute atomic E-state index is 0.439. The van der Waals surface area contributed by atoms with Crippen molar-refractivity contribution in [2.45, 2.75) is 6.92 Å². The highest BCUT2D eigenvalue weighted by molar-refractivity contribution is 5.80. The zero-order valence-corrected chi connectivity index (χ0v) is 10.2. The molecule has 0 spiro atoms. The maximum atomic E-state index is 8.49. The normalized spacial score (nSPS) is 9.61. The van der Waals surface area contributed by atoms with Crippen molar-refractivity contribution in [2.75, 3.05) is 0 Å². The number of benzene rings is 2. The van der Waals surface area contributed by atoms with E-state index in [1.54, 1.807) is 0 Å². The summed E-state index contributed by atoms with van der Waals surface area (Å²) in [6, 6.07) is 16.0. The summed E-state index contributed by atoms with van der Waals surface area (Å²) in [5.41, 5.74) is 13.1. The van der Waals surface area contributed by atoms with E-state index in [9.17, 15) is 0 Å². The fourth-order valence-electron chi connectivity index (χ4n) is 1.83. The van der Waals surface area contributed by atoms with Crippen LogP contribution in [0.1, 0.15) is 11.1 Å². The van der Waals surface area contributed by atoms with Crippen molar-refractivity contribution in [1.82, 2.24) is 0 Å². The first-order valence-electron chi connectivity index (χ1n) is 5.63. The Kier molecular flexibility index (Phi) is 3.46. The molecule has 3 nitrogen and oxygen atoms in total. The van der Waals surface area contributed by atoms with Crippen molar-refractivity contribution < 1.29 is 0 Å². The van der Waals surface area contributed by atoms with Crippen molar-refractivity contribution in [3.05, 3.63) is 76.7 Å². The quantitative estimate of drug-likeness (QED) is 0.411. The van der Waals surface area contributed by atoms with Gasteiger partial charge in [-0.2, -0.15) is 0 Å². The van der Waals surface area contributed by atoms with Crippen LogP contribution >= 0.6 is 0 Å². The summed E-state index contributed by atoms with van der Waals surface area (Å²) < 4.78 is 0. The summed E-state index contributed by atoms with van der Waals surface area (Å²) in [6.07, 6.45) is 0. The van der Waals surface area contributed by atoms with Crippen LogP contribution in [0.15, 0.2) is 60.2 Å². The van der Waals surface area contributed by atoms with Crippen LogP contribution < -0.4 is 0 Å². The minimum Gasteiger partial charge on any atom is -0.0889 e. The van der Waals surface area contributed by atoms with Crippen molar-refractivity contribution in [3.8, 4) is 11.1 Å². The highest BCUT2D eigenvalue weighted by atomic mass is 15.1. The molecule has 0 aliphatic heterocycles. The Morgan fingerprint density at radius 2 is 1.78 bits per heavy atom. The zero-order valence-electron chi connectivity index (χ0n) is 10.2. The van der Waals surface area contributed by atoms with E-state index < -0.39 is 0 Å². The number of azide groups is 1. The van der Waals surface area contributed by atoms with Gasteiger partial charge in [-0.3, -0.25) is 0 Å². The largest absolute Gasteiger partial charge is 0.0889 e. The van der Waals surface area contributed by atoms with Crippen LogP contribution in [0.2, 0.25) is 0 Å². The molecule has 0 atom stereocenters. The molecule has 88 valence electrons. The van der Waals surface area contributed by atoms with Gasteiger partial charge in [0.15, 0.2) is 0 Å². The van der Waals surface area contributed by atoms with E-state index in [1.807, 2.05) is 24.3 Å². The number of hydrogen-bond acceptors (Lipinski definition) is 1. The fraction of sp³-hybridized carbons (Fsp3) is 0.0667. The van der Waals surface area contributed by atoms with E-state index in [0.717, 1.165) is 16.7 Å². The third kappa shape index (κ3) is 2.42. The van der Waals surface area contributed by atoms with Crippen LogP contribution in [0.25, 0.3) is 27.3 Å². The number of nitrogens with zero attached hydrogens (tertiary/aromatic N) is 3. The summed E-state index contributed by atoms with van der Waals surface area (Å²) in [5, 5.41) is 3.58. The van der Waals surface area contributed by atoms with Crippen molar-refractivity contribution in [2.24, 2.45) is 5.11 Å². The lowest BCUT2D eigenvalue weighted by Gasteiger charge is -2.09. The lowest BCUT2D eigenvalue weighted by atomic mass is 9.97. The lowest BCUT2D eigenvalue weighted by Crippen LogP contribution is -1.86.